The van der Waals surface area contributed by atoms with Gasteiger partial charge in [-0.3, -0.25) is 15.0 Å². The minimum absolute atomic E-state index is 0.0244. The summed E-state index contributed by atoms with van der Waals surface area (Å²) in [5.74, 6) is -0.0244. The number of rotatable bonds is 4. The number of nitrogens with zero attached hydrogens (tertiary/aromatic N) is 2. The fraction of sp³-hybridized carbons (Fsp3) is 0. The minimum Gasteiger partial charge on any atom is -0.289 e. The predicted octanol–water partition coefficient (Wildman–Crippen LogP) is 3.70. The highest BCUT2D eigenvalue weighted by Crippen LogP contribution is 2.29. The summed E-state index contributed by atoms with van der Waals surface area (Å²) in [6.07, 6.45) is 7.00. The summed E-state index contributed by atoms with van der Waals surface area (Å²) in [5, 5.41) is 13.6. The second-order valence-electron chi connectivity index (χ2n) is 5.39. The van der Waals surface area contributed by atoms with E-state index in [-0.39, 0.29) is 5.78 Å². The van der Waals surface area contributed by atoms with Crippen LogP contribution in [0.4, 0.5) is 0 Å². The Hall–Kier alpha value is -3.47. The van der Waals surface area contributed by atoms with Gasteiger partial charge in [0.1, 0.15) is 0 Å². The van der Waals surface area contributed by atoms with E-state index in [1.165, 1.54) is 0 Å². The summed E-state index contributed by atoms with van der Waals surface area (Å²) in [5.41, 5.74) is 4.79. The molecule has 0 unspecified atom stereocenters. The maximum atomic E-state index is 13.2. The van der Waals surface area contributed by atoms with Crippen LogP contribution in [0.5, 0.6) is 0 Å². The van der Waals surface area contributed by atoms with Crippen LogP contribution in [0.2, 0.25) is 0 Å². The summed E-state index contributed by atoms with van der Waals surface area (Å²) in [6, 6.07) is 15.1. The van der Waals surface area contributed by atoms with Gasteiger partial charge >= 0.3 is 0 Å². The van der Waals surface area contributed by atoms with Gasteiger partial charge in [-0.25, -0.2) is 0 Å². The lowest BCUT2D eigenvalue weighted by atomic mass is 9.91. The van der Waals surface area contributed by atoms with E-state index in [0.29, 0.717) is 11.1 Å². The largest absolute Gasteiger partial charge is 0.289 e. The Kier molecular flexibility index (Phi) is 3.51. The molecule has 0 aliphatic rings. The molecule has 0 saturated heterocycles. The summed E-state index contributed by atoms with van der Waals surface area (Å²) < 4.78 is 0. The first-order chi connectivity index (χ1) is 11.8. The topological polar surface area (TPSA) is 74.4 Å². The van der Waals surface area contributed by atoms with Crippen molar-refractivity contribution >= 4 is 5.78 Å². The van der Waals surface area contributed by atoms with Crippen LogP contribution in [0.15, 0.2) is 73.3 Å². The van der Waals surface area contributed by atoms with Crippen LogP contribution in [-0.4, -0.2) is 26.2 Å². The molecule has 0 saturated carbocycles. The molecule has 0 radical (unpaired) electrons. The predicted molar refractivity (Wildman–Crippen MR) is 91.5 cm³/mol. The molecule has 4 aromatic rings. The standard InChI is InChI=1S/C19H14N4O/c24-19(17-7-3-1-5-15(17)13-9-20-21-10-13)18-8-4-2-6-16(18)14-11-22-23-12-14/h1-12H,(H,20,21)(H,22,23). The number of aromatic nitrogens is 4. The van der Waals surface area contributed by atoms with Crippen molar-refractivity contribution in [2.45, 2.75) is 0 Å². The van der Waals surface area contributed by atoms with E-state index >= 15 is 0 Å². The Morgan fingerprint density at radius 1 is 0.708 bits per heavy atom. The lowest BCUT2D eigenvalue weighted by molar-refractivity contribution is 0.104. The molecule has 0 atom stereocenters. The Bertz CT molecular complexity index is 893. The quantitative estimate of drug-likeness (QED) is 0.564. The molecular weight excluding hydrogens is 300 g/mol. The monoisotopic (exact) mass is 314 g/mol. The van der Waals surface area contributed by atoms with Crippen LogP contribution < -0.4 is 0 Å². The molecule has 0 amide bonds. The maximum Gasteiger partial charge on any atom is 0.194 e. The molecule has 0 bridgehead atoms. The number of carbonyl (C=O) groups is 1. The molecule has 4 rings (SSSR count). The maximum absolute atomic E-state index is 13.2. The third-order valence-corrected chi connectivity index (χ3v) is 3.96. The smallest absolute Gasteiger partial charge is 0.194 e. The van der Waals surface area contributed by atoms with Crippen molar-refractivity contribution < 1.29 is 4.79 Å². The van der Waals surface area contributed by atoms with Crippen LogP contribution in [0.25, 0.3) is 22.3 Å². The molecule has 0 aliphatic carbocycles. The molecule has 0 fully saturated rings. The number of hydrogen-bond acceptors (Lipinski definition) is 3. The highest BCUT2D eigenvalue weighted by Gasteiger charge is 2.18. The fourth-order valence-electron chi connectivity index (χ4n) is 2.81. The van der Waals surface area contributed by atoms with E-state index in [9.17, 15) is 4.79 Å². The number of aromatic amines is 2. The summed E-state index contributed by atoms with van der Waals surface area (Å²) in [4.78, 5) is 13.2. The molecule has 24 heavy (non-hydrogen) atoms. The number of hydrogen-bond donors (Lipinski definition) is 2. The molecule has 5 heteroatoms. The number of benzene rings is 2. The van der Waals surface area contributed by atoms with E-state index in [2.05, 4.69) is 20.4 Å². The molecule has 2 heterocycles. The van der Waals surface area contributed by atoms with E-state index in [4.69, 9.17) is 0 Å². The number of carbonyl (C=O) groups excluding carboxylic acids is 1. The van der Waals surface area contributed by atoms with Gasteiger partial charge in [-0.2, -0.15) is 10.2 Å². The van der Waals surface area contributed by atoms with E-state index in [1.54, 1.807) is 24.8 Å². The van der Waals surface area contributed by atoms with Crippen LogP contribution in [0.3, 0.4) is 0 Å². The van der Waals surface area contributed by atoms with Gasteiger partial charge in [0, 0.05) is 34.6 Å². The van der Waals surface area contributed by atoms with E-state index < -0.39 is 0 Å². The van der Waals surface area contributed by atoms with Gasteiger partial charge < -0.3 is 0 Å². The van der Waals surface area contributed by atoms with Crippen molar-refractivity contribution in [1.29, 1.82) is 0 Å². The Balaban J connectivity index is 1.85. The summed E-state index contributed by atoms with van der Waals surface area (Å²) in [6.45, 7) is 0. The lowest BCUT2D eigenvalue weighted by Crippen LogP contribution is -2.05. The van der Waals surface area contributed by atoms with Gasteiger partial charge in [0.25, 0.3) is 0 Å². The first-order valence-corrected chi connectivity index (χ1v) is 7.55. The van der Waals surface area contributed by atoms with Gasteiger partial charge in [0.15, 0.2) is 5.78 Å². The third kappa shape index (κ3) is 2.42. The third-order valence-electron chi connectivity index (χ3n) is 3.96. The van der Waals surface area contributed by atoms with Crippen LogP contribution in [0.1, 0.15) is 15.9 Å². The normalized spacial score (nSPS) is 10.7. The number of H-pyrrole nitrogens is 2. The van der Waals surface area contributed by atoms with Crippen molar-refractivity contribution in [3.8, 4) is 22.3 Å². The molecule has 0 aliphatic heterocycles. The SMILES string of the molecule is O=C(c1ccccc1-c1cn[nH]c1)c1ccccc1-c1cn[nH]c1. The minimum atomic E-state index is -0.0244. The summed E-state index contributed by atoms with van der Waals surface area (Å²) in [7, 11) is 0. The summed E-state index contributed by atoms with van der Waals surface area (Å²) >= 11 is 0. The second kappa shape index (κ2) is 5.96. The van der Waals surface area contributed by atoms with Gasteiger partial charge in [0.05, 0.1) is 12.4 Å². The average Bonchev–Trinajstić information content (AvgIpc) is 3.35. The zero-order valence-corrected chi connectivity index (χ0v) is 12.7. The van der Waals surface area contributed by atoms with E-state index in [0.717, 1.165) is 22.3 Å². The molecule has 116 valence electrons. The Labute approximate surface area is 138 Å². The lowest BCUT2D eigenvalue weighted by Gasteiger charge is -2.10. The van der Waals surface area contributed by atoms with Crippen molar-refractivity contribution in [1.82, 2.24) is 20.4 Å². The van der Waals surface area contributed by atoms with Gasteiger partial charge in [-0.05, 0) is 11.1 Å². The molecule has 0 spiro atoms. The van der Waals surface area contributed by atoms with Crippen LogP contribution in [0, 0.1) is 0 Å². The molecular formula is C19H14N4O. The first-order valence-electron chi connectivity index (χ1n) is 7.55. The highest BCUT2D eigenvalue weighted by molar-refractivity contribution is 6.15. The van der Waals surface area contributed by atoms with Crippen molar-refractivity contribution in [2.75, 3.05) is 0 Å². The first kappa shape index (κ1) is 14.1. The van der Waals surface area contributed by atoms with Crippen molar-refractivity contribution in [2.24, 2.45) is 0 Å². The number of ketones is 1. The van der Waals surface area contributed by atoms with Crippen molar-refractivity contribution in [3.05, 3.63) is 84.4 Å². The van der Waals surface area contributed by atoms with Gasteiger partial charge in [-0.15, -0.1) is 0 Å². The fourth-order valence-corrected chi connectivity index (χ4v) is 2.81. The molecule has 2 aromatic heterocycles. The Morgan fingerprint density at radius 2 is 1.17 bits per heavy atom. The zero-order valence-electron chi connectivity index (χ0n) is 12.7. The van der Waals surface area contributed by atoms with Crippen LogP contribution in [-0.2, 0) is 0 Å². The van der Waals surface area contributed by atoms with Crippen molar-refractivity contribution in [3.63, 3.8) is 0 Å². The molecule has 5 nitrogen and oxygen atoms in total. The van der Waals surface area contributed by atoms with Gasteiger partial charge in [-0.1, -0.05) is 48.5 Å². The Morgan fingerprint density at radius 3 is 1.58 bits per heavy atom. The van der Waals surface area contributed by atoms with E-state index in [1.807, 2.05) is 48.5 Å². The number of nitrogens with one attached hydrogen (secondary N) is 2. The second-order valence-corrected chi connectivity index (χ2v) is 5.39. The van der Waals surface area contributed by atoms with Gasteiger partial charge in [0.2, 0.25) is 0 Å². The molecule has 2 N–H and O–H groups in total. The highest BCUT2D eigenvalue weighted by atomic mass is 16.1. The van der Waals surface area contributed by atoms with Crippen LogP contribution >= 0.6 is 0 Å². The molecule has 2 aromatic carbocycles. The average molecular weight is 314 g/mol. The zero-order chi connectivity index (χ0) is 16.4.